The minimum atomic E-state index is -3.38. The molecule has 6 aliphatic rings. The van der Waals surface area contributed by atoms with Gasteiger partial charge in [-0.15, -0.1) is 0 Å². The van der Waals surface area contributed by atoms with Crippen molar-refractivity contribution in [2.75, 3.05) is 39.6 Å². The molecule has 0 saturated carbocycles. The van der Waals surface area contributed by atoms with Crippen molar-refractivity contribution in [2.45, 2.75) is 217 Å². The molecule has 31 atom stereocenters. The molecular formula is C45H75N3O34. The Morgan fingerprint density at radius 1 is 0.476 bits per heavy atom. The zero-order valence-electron chi connectivity index (χ0n) is 43.9. The van der Waals surface area contributed by atoms with E-state index in [2.05, 4.69) is 16.0 Å². The number of amides is 3. The molecule has 0 spiro atoms. The molecule has 0 aliphatic carbocycles. The zero-order chi connectivity index (χ0) is 61.0. The Morgan fingerprint density at radius 3 is 1.43 bits per heavy atom. The minimum Gasteiger partial charge on any atom is -0.477 e. The maximum absolute atomic E-state index is 13.6. The summed E-state index contributed by atoms with van der Waals surface area (Å²) in [5, 5.41) is 212. The molecule has 6 fully saturated rings. The number of aliphatic hydroxyl groups is 18. The van der Waals surface area contributed by atoms with Crippen LogP contribution in [0.15, 0.2) is 0 Å². The van der Waals surface area contributed by atoms with Crippen LogP contribution in [0.5, 0.6) is 0 Å². The summed E-state index contributed by atoms with van der Waals surface area (Å²) in [4.78, 5) is 51.2. The topological polar surface area (TPSA) is 590 Å². The number of carboxylic acid groups (broad SMARTS) is 1. The third-order valence-corrected chi connectivity index (χ3v) is 14.6. The van der Waals surface area contributed by atoms with E-state index in [1.165, 1.54) is 0 Å². The first-order chi connectivity index (χ1) is 38.6. The largest absolute Gasteiger partial charge is 0.477 e. The van der Waals surface area contributed by atoms with Gasteiger partial charge in [-0.1, -0.05) is 0 Å². The predicted molar refractivity (Wildman–Crippen MR) is 251 cm³/mol. The lowest BCUT2D eigenvalue weighted by Crippen LogP contribution is -2.72. The second-order valence-corrected chi connectivity index (χ2v) is 20.4. The smallest absolute Gasteiger partial charge is 0.364 e. The molecule has 0 aromatic rings. The van der Waals surface area contributed by atoms with Crippen molar-refractivity contribution in [3.63, 3.8) is 0 Å². The third-order valence-electron chi connectivity index (χ3n) is 14.6. The molecule has 0 bridgehead atoms. The molecule has 6 saturated heterocycles. The number of aliphatic carboxylic acids is 1. The summed E-state index contributed by atoms with van der Waals surface area (Å²) in [5.74, 6) is -8.28. The van der Waals surface area contributed by atoms with Crippen LogP contribution >= 0.6 is 0 Å². The second-order valence-electron chi connectivity index (χ2n) is 20.4. The van der Waals surface area contributed by atoms with E-state index in [4.69, 9.17) is 52.1 Å². The Bertz CT molecular complexity index is 2090. The molecule has 6 heterocycles. The molecule has 0 aromatic heterocycles. The first-order valence-electron chi connectivity index (χ1n) is 25.7. The summed E-state index contributed by atoms with van der Waals surface area (Å²) in [7, 11) is 0. The highest BCUT2D eigenvalue weighted by Gasteiger charge is 2.62. The fourth-order valence-electron chi connectivity index (χ4n) is 10.4. The van der Waals surface area contributed by atoms with Gasteiger partial charge in [-0.25, -0.2) is 4.79 Å². The first-order valence-corrected chi connectivity index (χ1v) is 25.7. The highest BCUT2D eigenvalue weighted by molar-refractivity contribution is 5.77. The predicted octanol–water partition coefficient (Wildman–Crippen LogP) is -14.5. The number of nitrogens with one attached hydrogen (secondary N) is 3. The van der Waals surface area contributed by atoms with E-state index in [0.717, 1.165) is 20.8 Å². The van der Waals surface area contributed by atoms with Crippen LogP contribution in [0.2, 0.25) is 0 Å². The highest BCUT2D eigenvalue weighted by Crippen LogP contribution is 2.41. The lowest BCUT2D eigenvalue weighted by Gasteiger charge is -2.53. The Balaban J connectivity index is 1.38. The van der Waals surface area contributed by atoms with E-state index in [9.17, 15) is 116 Å². The Morgan fingerprint density at radius 2 is 0.902 bits per heavy atom. The van der Waals surface area contributed by atoms with Gasteiger partial charge in [0.15, 0.2) is 31.5 Å². The maximum atomic E-state index is 13.6. The van der Waals surface area contributed by atoms with Crippen molar-refractivity contribution in [1.82, 2.24) is 16.0 Å². The molecule has 0 radical (unpaired) electrons. The van der Waals surface area contributed by atoms with Gasteiger partial charge in [-0.05, 0) is 0 Å². The van der Waals surface area contributed by atoms with Crippen LogP contribution in [0.25, 0.3) is 0 Å². The summed E-state index contributed by atoms with van der Waals surface area (Å²) in [6.45, 7) is -3.78. The number of carbonyl (C=O) groups excluding carboxylic acids is 3. The fourth-order valence-corrected chi connectivity index (χ4v) is 10.4. The van der Waals surface area contributed by atoms with Gasteiger partial charge in [-0.3, -0.25) is 14.4 Å². The van der Waals surface area contributed by atoms with Crippen LogP contribution in [-0.4, -0.2) is 350 Å². The van der Waals surface area contributed by atoms with Crippen molar-refractivity contribution in [3.05, 3.63) is 0 Å². The summed E-state index contributed by atoms with van der Waals surface area (Å²) < 4.78 is 63.9. The van der Waals surface area contributed by atoms with Gasteiger partial charge in [0.2, 0.25) is 17.7 Å². The Labute approximate surface area is 463 Å². The second kappa shape index (κ2) is 28.9. The van der Waals surface area contributed by atoms with Gasteiger partial charge in [0.1, 0.15) is 140 Å². The number of hydrogen-bond donors (Lipinski definition) is 22. The Kier molecular flexibility index (Phi) is 23.9. The lowest BCUT2D eigenvalue weighted by molar-refractivity contribution is -0.400. The molecule has 0 unspecified atom stereocenters. The molecular weight excluding hydrogens is 1130 g/mol. The molecule has 474 valence electrons. The normalized spacial score (nSPS) is 46.3. The zero-order valence-corrected chi connectivity index (χ0v) is 43.9. The van der Waals surface area contributed by atoms with Gasteiger partial charge in [-0.2, -0.15) is 0 Å². The molecule has 6 aliphatic heterocycles. The van der Waals surface area contributed by atoms with Gasteiger partial charge < -0.3 is 165 Å². The van der Waals surface area contributed by atoms with Gasteiger partial charge >= 0.3 is 5.97 Å². The monoisotopic (exact) mass is 1200 g/mol. The molecule has 37 heteroatoms. The average Bonchev–Trinajstić information content (AvgIpc) is 2.24. The van der Waals surface area contributed by atoms with Gasteiger partial charge in [0, 0.05) is 27.2 Å². The maximum Gasteiger partial charge on any atom is 0.364 e. The number of carbonyl (C=O) groups is 4. The van der Waals surface area contributed by atoms with E-state index in [-0.39, 0.29) is 0 Å². The number of ether oxygens (including phenoxy) is 11. The van der Waals surface area contributed by atoms with E-state index in [1.54, 1.807) is 0 Å². The number of aliphatic hydroxyl groups excluding tert-OH is 18. The lowest BCUT2D eigenvalue weighted by atomic mass is 9.88. The van der Waals surface area contributed by atoms with Crippen molar-refractivity contribution >= 4 is 23.7 Å². The van der Waals surface area contributed by atoms with Crippen molar-refractivity contribution in [1.29, 1.82) is 0 Å². The third kappa shape index (κ3) is 14.6. The van der Waals surface area contributed by atoms with Crippen LogP contribution in [0.1, 0.15) is 27.2 Å². The quantitative estimate of drug-likeness (QED) is 0.0479. The van der Waals surface area contributed by atoms with E-state index < -0.39 is 259 Å². The van der Waals surface area contributed by atoms with E-state index >= 15 is 0 Å². The average molecular weight is 1200 g/mol. The van der Waals surface area contributed by atoms with Crippen LogP contribution in [-0.2, 0) is 71.3 Å². The molecule has 3 amide bonds. The van der Waals surface area contributed by atoms with Crippen LogP contribution in [0, 0.1) is 0 Å². The first kappa shape index (κ1) is 67.8. The minimum absolute atomic E-state index is 0.876. The standard InChI is InChI=1S/C45H75N3O34/c1-11(55)46-21-14(58)4-45(44(70)71,81-37(21)24(60)15(59)5-49)82-38-32(68)43(76-20(10-54)35(38)79-40-22(47-12(2)56)27(63)25(61)16(6-50)73-40)80-36-23(48-13(3)57)41(74-17(7-51)26(36)62)77-34-19(9-53)75-42(31(67)29(34)65)78-33-18(8-52)72-39(69)30(66)28(33)64/h14-43,49-54,58-69H,4-10H2,1-3H3,(H,46,55)(H,47,56)(H,48,57)(H,70,71)/t14-,15+,16+,17+,18+,19+,20+,21+,22+,23+,24+,25-,26-,27+,28+,29+,30+,31+,32+,33+,34-,35-,36+,37+,38+,39-,40+,41-,42-,43-,45-/m0/s1. The van der Waals surface area contributed by atoms with Gasteiger partial charge in [0.25, 0.3) is 5.79 Å². The molecule has 22 N–H and O–H groups in total. The molecule has 0 aromatic carbocycles. The SMILES string of the molecule is CC(=O)N[C@H]1[C@@H](O[C@@H]2[C@H](O[C@]3(C(=O)O)C[C@H](O)[C@@H](NC(C)=O)[C@H]([C@H](O)[C@H](O)CO)O3)[C@@H](O)[C@H](O[C@H]3[C@@H](O)[C@@H](CO)O[C@@H](O[C@@H]4[C@H](O)[C@@H](O)[C@H](O[C@H]5[C@H](O)[C@@H](O)[C@@H](O)O[C@@H]5CO)O[C@@H]4CO)[C@@H]3NC(C)=O)O[C@@H]2CO)O[C@H](CO)[C@H](O)[C@@H]1O. The van der Waals surface area contributed by atoms with Gasteiger partial charge in [0.05, 0.1) is 51.8 Å². The Hall–Kier alpha value is -3.28. The van der Waals surface area contributed by atoms with Crippen molar-refractivity contribution in [3.8, 4) is 0 Å². The van der Waals surface area contributed by atoms with Crippen LogP contribution in [0.3, 0.4) is 0 Å². The summed E-state index contributed by atoms with van der Waals surface area (Å²) >= 11 is 0. The number of rotatable bonds is 22. The summed E-state index contributed by atoms with van der Waals surface area (Å²) in [6.07, 6.45) is -57.3. The van der Waals surface area contributed by atoms with E-state index in [1.807, 2.05) is 0 Å². The molecule has 82 heavy (non-hydrogen) atoms. The number of carboxylic acids is 1. The molecule has 6 rings (SSSR count). The van der Waals surface area contributed by atoms with Crippen molar-refractivity contribution < 1.29 is 168 Å². The van der Waals surface area contributed by atoms with Crippen LogP contribution < -0.4 is 16.0 Å². The highest BCUT2D eigenvalue weighted by atomic mass is 16.8. The summed E-state index contributed by atoms with van der Waals surface area (Å²) in [6, 6.07) is -5.51. The van der Waals surface area contributed by atoms with E-state index in [0.29, 0.717) is 0 Å². The summed E-state index contributed by atoms with van der Waals surface area (Å²) in [5.41, 5.74) is 0. The molecule has 37 nitrogen and oxygen atoms in total. The van der Waals surface area contributed by atoms with Crippen LogP contribution in [0.4, 0.5) is 0 Å². The number of hydrogen-bond acceptors (Lipinski definition) is 33. The fraction of sp³-hybridized carbons (Fsp3) is 0.911. The van der Waals surface area contributed by atoms with Crippen molar-refractivity contribution in [2.24, 2.45) is 0 Å².